The van der Waals surface area contributed by atoms with Gasteiger partial charge in [-0.15, -0.1) is 10.2 Å². The van der Waals surface area contributed by atoms with E-state index in [1.54, 1.807) is 0 Å². The zero-order valence-corrected chi connectivity index (χ0v) is 17.2. The molecule has 0 spiro atoms. The Kier molecular flexibility index (Phi) is 6.74. The fraction of sp³-hybridized carbons (Fsp3) is 0.667. The van der Waals surface area contributed by atoms with E-state index in [0.29, 0.717) is 18.4 Å². The lowest BCUT2D eigenvalue weighted by Crippen LogP contribution is -2.35. The number of rotatable bonds is 8. The Morgan fingerprint density at radius 3 is 2.55 bits per heavy atom. The molecular formula is C21H34N8. The van der Waals surface area contributed by atoms with Gasteiger partial charge in [-0.25, -0.2) is 0 Å². The largest absolute Gasteiger partial charge is 0.371 e. The van der Waals surface area contributed by atoms with Crippen LogP contribution in [0.1, 0.15) is 56.1 Å². The number of H-pyrrole nitrogens is 1. The second-order valence-electron chi connectivity index (χ2n) is 8.41. The first-order valence-electron chi connectivity index (χ1n) is 11.1. The third-order valence-electron chi connectivity index (χ3n) is 6.63. The van der Waals surface area contributed by atoms with Gasteiger partial charge < -0.3 is 21.7 Å². The molecule has 0 radical (unpaired) electrons. The van der Waals surface area contributed by atoms with Gasteiger partial charge in [0.25, 0.3) is 0 Å². The van der Waals surface area contributed by atoms with Crippen LogP contribution in [-0.4, -0.2) is 46.3 Å². The van der Waals surface area contributed by atoms with Gasteiger partial charge in [0.15, 0.2) is 0 Å². The maximum absolute atomic E-state index is 6.25. The number of benzene rings is 1. The van der Waals surface area contributed by atoms with Gasteiger partial charge in [-0.05, 0) is 67.0 Å². The zero-order chi connectivity index (χ0) is 20.1. The van der Waals surface area contributed by atoms with E-state index in [2.05, 4.69) is 43.0 Å². The van der Waals surface area contributed by atoms with Crippen molar-refractivity contribution in [2.24, 2.45) is 17.4 Å². The van der Waals surface area contributed by atoms with Crippen LogP contribution in [0.2, 0.25) is 0 Å². The monoisotopic (exact) mass is 398 g/mol. The summed E-state index contributed by atoms with van der Waals surface area (Å²) in [5.74, 6) is 1.36. The van der Waals surface area contributed by atoms with Gasteiger partial charge >= 0.3 is 0 Å². The Hall–Kier alpha value is -2.03. The average Bonchev–Trinajstić information content (AvgIpc) is 3.46. The van der Waals surface area contributed by atoms with Crippen LogP contribution in [0.25, 0.3) is 11.4 Å². The second kappa shape index (κ2) is 9.65. The summed E-state index contributed by atoms with van der Waals surface area (Å²) in [7, 11) is 0. The molecule has 1 aliphatic carbocycles. The van der Waals surface area contributed by atoms with Crippen molar-refractivity contribution in [3.63, 3.8) is 0 Å². The molecule has 0 amide bonds. The predicted molar refractivity (Wildman–Crippen MR) is 115 cm³/mol. The van der Waals surface area contributed by atoms with E-state index in [0.717, 1.165) is 49.6 Å². The van der Waals surface area contributed by atoms with E-state index >= 15 is 0 Å². The Bertz CT molecular complexity index is 761. The van der Waals surface area contributed by atoms with Crippen molar-refractivity contribution in [3.8, 4) is 11.4 Å². The van der Waals surface area contributed by atoms with Crippen molar-refractivity contribution in [1.29, 1.82) is 0 Å². The standard InChI is InChI=1S/C21H34N8/c22-10-7-15-8-11-29(12-9-15)19-6-5-16(14-24-17-3-1-2-4-17)18(13-23)20(19)21-25-27-28-26-21/h5-6,15,17,24H,1-4,7-14,22-23H2,(H,25,26,27,28). The molecule has 29 heavy (non-hydrogen) atoms. The number of tetrazole rings is 1. The van der Waals surface area contributed by atoms with Crippen molar-refractivity contribution in [3.05, 3.63) is 23.3 Å². The van der Waals surface area contributed by atoms with Crippen molar-refractivity contribution >= 4 is 5.69 Å². The molecule has 158 valence electrons. The van der Waals surface area contributed by atoms with E-state index in [1.807, 2.05) is 0 Å². The Morgan fingerprint density at radius 1 is 1.10 bits per heavy atom. The number of hydrogen-bond acceptors (Lipinski definition) is 7. The molecule has 1 aromatic heterocycles. The lowest BCUT2D eigenvalue weighted by Gasteiger charge is -2.35. The second-order valence-corrected chi connectivity index (χ2v) is 8.41. The van der Waals surface area contributed by atoms with E-state index in [-0.39, 0.29) is 0 Å². The molecule has 1 saturated carbocycles. The first kappa shape index (κ1) is 20.3. The van der Waals surface area contributed by atoms with Crippen LogP contribution >= 0.6 is 0 Å². The molecule has 2 aromatic rings. The lowest BCUT2D eigenvalue weighted by molar-refractivity contribution is 0.386. The van der Waals surface area contributed by atoms with Crippen LogP contribution < -0.4 is 21.7 Å². The first-order valence-corrected chi connectivity index (χ1v) is 11.1. The molecule has 1 aromatic carbocycles. The minimum Gasteiger partial charge on any atom is -0.371 e. The van der Waals surface area contributed by atoms with E-state index < -0.39 is 0 Å². The van der Waals surface area contributed by atoms with Crippen LogP contribution in [0.4, 0.5) is 5.69 Å². The number of nitrogens with zero attached hydrogens (tertiary/aromatic N) is 4. The molecule has 8 heteroatoms. The SMILES string of the molecule is NCCC1CCN(c2ccc(CNC3CCCC3)c(CN)c2-c2nn[nH]n2)CC1. The highest BCUT2D eigenvalue weighted by molar-refractivity contribution is 5.79. The fourth-order valence-corrected chi connectivity index (χ4v) is 4.94. The summed E-state index contributed by atoms with van der Waals surface area (Å²) in [6.45, 7) is 4.13. The number of piperidine rings is 1. The highest BCUT2D eigenvalue weighted by Crippen LogP contribution is 2.36. The minimum atomic E-state index is 0.461. The van der Waals surface area contributed by atoms with E-state index in [9.17, 15) is 0 Å². The zero-order valence-electron chi connectivity index (χ0n) is 17.2. The normalized spacial score (nSPS) is 18.6. The maximum atomic E-state index is 6.25. The quantitative estimate of drug-likeness (QED) is 0.536. The van der Waals surface area contributed by atoms with Gasteiger partial charge in [0.2, 0.25) is 5.82 Å². The number of nitrogens with two attached hydrogens (primary N) is 2. The molecule has 2 fully saturated rings. The minimum absolute atomic E-state index is 0.461. The highest BCUT2D eigenvalue weighted by atomic mass is 15.5. The molecule has 1 aliphatic heterocycles. The third-order valence-corrected chi connectivity index (χ3v) is 6.63. The summed E-state index contributed by atoms with van der Waals surface area (Å²) in [6.07, 6.45) is 8.66. The molecule has 2 aliphatic rings. The Balaban J connectivity index is 1.61. The third kappa shape index (κ3) is 4.60. The van der Waals surface area contributed by atoms with Crippen molar-refractivity contribution in [1.82, 2.24) is 25.9 Å². The molecule has 6 N–H and O–H groups in total. The van der Waals surface area contributed by atoms with Gasteiger partial charge in [-0.3, -0.25) is 0 Å². The van der Waals surface area contributed by atoms with Crippen LogP contribution in [0.3, 0.4) is 0 Å². The van der Waals surface area contributed by atoms with Crippen LogP contribution in [0.15, 0.2) is 12.1 Å². The topological polar surface area (TPSA) is 122 Å². The van der Waals surface area contributed by atoms with Gasteiger partial charge in [0, 0.05) is 37.9 Å². The summed E-state index contributed by atoms with van der Waals surface area (Å²) in [6, 6.07) is 5.07. The van der Waals surface area contributed by atoms with Crippen LogP contribution in [0, 0.1) is 5.92 Å². The highest BCUT2D eigenvalue weighted by Gasteiger charge is 2.25. The van der Waals surface area contributed by atoms with Gasteiger partial charge in [0.1, 0.15) is 0 Å². The molecule has 0 bridgehead atoms. The van der Waals surface area contributed by atoms with Gasteiger partial charge in [0.05, 0.1) is 5.56 Å². The smallest absolute Gasteiger partial charge is 0.207 e. The van der Waals surface area contributed by atoms with Crippen LogP contribution in [0.5, 0.6) is 0 Å². The Labute approximate surface area is 172 Å². The summed E-state index contributed by atoms with van der Waals surface area (Å²) < 4.78 is 0. The number of anilines is 1. The summed E-state index contributed by atoms with van der Waals surface area (Å²) in [4.78, 5) is 2.45. The Morgan fingerprint density at radius 2 is 1.90 bits per heavy atom. The molecule has 8 nitrogen and oxygen atoms in total. The van der Waals surface area contributed by atoms with E-state index in [4.69, 9.17) is 11.5 Å². The molecule has 0 unspecified atom stereocenters. The summed E-state index contributed by atoms with van der Waals surface area (Å²) in [5.41, 5.74) is 16.6. The van der Waals surface area contributed by atoms with Crippen LogP contribution in [-0.2, 0) is 13.1 Å². The molecular weight excluding hydrogens is 364 g/mol. The number of aromatic nitrogens is 4. The summed E-state index contributed by atoms with van der Waals surface area (Å²) >= 11 is 0. The summed E-state index contributed by atoms with van der Waals surface area (Å²) in [5, 5.41) is 18.8. The molecule has 2 heterocycles. The first-order chi connectivity index (χ1) is 14.3. The predicted octanol–water partition coefficient (Wildman–Crippen LogP) is 1.92. The molecule has 4 rings (SSSR count). The molecule has 1 saturated heterocycles. The fourth-order valence-electron chi connectivity index (χ4n) is 4.94. The van der Waals surface area contributed by atoms with Crippen molar-refractivity contribution < 1.29 is 0 Å². The number of aromatic amines is 1. The number of nitrogens with one attached hydrogen (secondary N) is 2. The van der Waals surface area contributed by atoms with E-state index in [1.165, 1.54) is 49.8 Å². The average molecular weight is 399 g/mol. The van der Waals surface area contributed by atoms with Gasteiger partial charge in [-0.2, -0.15) is 5.21 Å². The van der Waals surface area contributed by atoms with Crippen molar-refractivity contribution in [2.45, 2.75) is 64.1 Å². The van der Waals surface area contributed by atoms with Crippen molar-refractivity contribution in [2.75, 3.05) is 24.5 Å². The molecule has 0 atom stereocenters. The number of hydrogen-bond donors (Lipinski definition) is 4. The maximum Gasteiger partial charge on any atom is 0.207 e. The lowest BCUT2D eigenvalue weighted by atomic mass is 9.91. The van der Waals surface area contributed by atoms with Gasteiger partial charge in [-0.1, -0.05) is 18.9 Å².